The Bertz CT molecular complexity index is 562. The van der Waals surface area contributed by atoms with Crippen LogP contribution in [0, 0.1) is 17.2 Å². The molecule has 1 aromatic carbocycles. The van der Waals surface area contributed by atoms with Crippen LogP contribution in [-0.4, -0.2) is 28.9 Å². The molecule has 98 valence electrons. The molecule has 0 aromatic heterocycles. The van der Waals surface area contributed by atoms with Crippen molar-refractivity contribution in [2.24, 2.45) is 5.92 Å². The molecule has 0 radical (unpaired) electrons. The number of piperidine rings is 1. The first-order valence-corrected chi connectivity index (χ1v) is 6.03. The van der Waals surface area contributed by atoms with Crippen molar-refractivity contribution in [1.82, 2.24) is 4.90 Å². The molecule has 0 aliphatic carbocycles. The largest absolute Gasteiger partial charge is 0.481 e. The van der Waals surface area contributed by atoms with Crippen molar-refractivity contribution in [2.75, 3.05) is 7.05 Å². The molecular formula is C14H14N2O3. The molecule has 1 fully saturated rings. The minimum Gasteiger partial charge on any atom is -0.481 e. The molecule has 2 atom stereocenters. The van der Waals surface area contributed by atoms with Gasteiger partial charge in [0.2, 0.25) is 5.91 Å². The Morgan fingerprint density at radius 3 is 2.79 bits per heavy atom. The Morgan fingerprint density at radius 2 is 2.16 bits per heavy atom. The Balaban J connectivity index is 2.50. The van der Waals surface area contributed by atoms with Crippen molar-refractivity contribution >= 4 is 11.9 Å². The second kappa shape index (κ2) is 5.11. The fourth-order valence-corrected chi connectivity index (χ4v) is 2.58. The van der Waals surface area contributed by atoms with E-state index in [1.54, 1.807) is 31.3 Å². The summed E-state index contributed by atoms with van der Waals surface area (Å²) in [6, 6.07) is 8.32. The smallest absolute Gasteiger partial charge is 0.308 e. The van der Waals surface area contributed by atoms with Crippen LogP contribution < -0.4 is 0 Å². The van der Waals surface area contributed by atoms with Gasteiger partial charge in [0.05, 0.1) is 23.6 Å². The van der Waals surface area contributed by atoms with E-state index in [1.807, 2.05) is 0 Å². The van der Waals surface area contributed by atoms with Crippen molar-refractivity contribution in [1.29, 1.82) is 5.26 Å². The molecule has 1 saturated heterocycles. The Kier molecular flexibility index (Phi) is 3.52. The zero-order valence-corrected chi connectivity index (χ0v) is 10.5. The monoisotopic (exact) mass is 258 g/mol. The predicted molar refractivity (Wildman–Crippen MR) is 67.0 cm³/mol. The molecule has 1 N–H and O–H groups in total. The van der Waals surface area contributed by atoms with Gasteiger partial charge in [-0.05, 0) is 18.1 Å². The predicted octanol–water partition coefficient (Wildman–Crippen LogP) is 1.55. The number of hydrogen-bond donors (Lipinski definition) is 1. The van der Waals surface area contributed by atoms with Gasteiger partial charge < -0.3 is 10.0 Å². The van der Waals surface area contributed by atoms with Crippen LogP contribution in [-0.2, 0) is 9.59 Å². The maximum absolute atomic E-state index is 11.8. The summed E-state index contributed by atoms with van der Waals surface area (Å²) in [4.78, 5) is 24.6. The SMILES string of the molecule is CN1C(=O)CCC(C(=O)O)C1c1ccccc1C#N. The maximum Gasteiger partial charge on any atom is 0.308 e. The van der Waals surface area contributed by atoms with E-state index in [4.69, 9.17) is 5.26 Å². The average molecular weight is 258 g/mol. The minimum atomic E-state index is -0.933. The van der Waals surface area contributed by atoms with Gasteiger partial charge in [0.1, 0.15) is 0 Å². The first kappa shape index (κ1) is 13.1. The Hall–Kier alpha value is -2.35. The van der Waals surface area contributed by atoms with E-state index in [0.29, 0.717) is 17.5 Å². The van der Waals surface area contributed by atoms with Crippen LogP contribution in [0.3, 0.4) is 0 Å². The number of nitriles is 1. The molecule has 0 spiro atoms. The molecule has 0 bridgehead atoms. The molecule has 5 heteroatoms. The van der Waals surface area contributed by atoms with Crippen LogP contribution in [0.4, 0.5) is 0 Å². The number of nitrogens with zero attached hydrogens (tertiary/aromatic N) is 2. The van der Waals surface area contributed by atoms with Gasteiger partial charge in [-0.25, -0.2) is 0 Å². The lowest BCUT2D eigenvalue weighted by Crippen LogP contribution is -2.43. The topological polar surface area (TPSA) is 81.4 Å². The van der Waals surface area contributed by atoms with Crippen molar-refractivity contribution in [2.45, 2.75) is 18.9 Å². The summed E-state index contributed by atoms with van der Waals surface area (Å²) in [5.41, 5.74) is 1.02. The summed E-state index contributed by atoms with van der Waals surface area (Å²) in [5, 5.41) is 18.4. The molecule has 1 heterocycles. The van der Waals surface area contributed by atoms with Crippen molar-refractivity contribution in [3.8, 4) is 6.07 Å². The second-order valence-corrected chi connectivity index (χ2v) is 4.63. The van der Waals surface area contributed by atoms with Crippen LogP contribution in [0.1, 0.15) is 30.0 Å². The number of hydrogen-bond acceptors (Lipinski definition) is 3. The Labute approximate surface area is 111 Å². The van der Waals surface area contributed by atoms with Crippen molar-refractivity contribution in [3.63, 3.8) is 0 Å². The van der Waals surface area contributed by atoms with Gasteiger partial charge in [-0.2, -0.15) is 5.26 Å². The first-order valence-electron chi connectivity index (χ1n) is 6.03. The third kappa shape index (κ3) is 2.29. The number of benzene rings is 1. The van der Waals surface area contributed by atoms with E-state index >= 15 is 0 Å². The molecule has 1 aromatic rings. The normalized spacial score (nSPS) is 22.9. The van der Waals surface area contributed by atoms with Crippen LogP contribution in [0.15, 0.2) is 24.3 Å². The third-order valence-corrected chi connectivity index (χ3v) is 3.58. The number of carbonyl (C=O) groups excluding carboxylic acids is 1. The van der Waals surface area contributed by atoms with Gasteiger partial charge in [0.15, 0.2) is 0 Å². The van der Waals surface area contributed by atoms with E-state index in [1.165, 1.54) is 4.90 Å². The number of carboxylic acids is 1. The highest BCUT2D eigenvalue weighted by Crippen LogP contribution is 2.37. The molecule has 2 rings (SSSR count). The van der Waals surface area contributed by atoms with E-state index in [9.17, 15) is 14.7 Å². The molecule has 2 unspecified atom stereocenters. The summed E-state index contributed by atoms with van der Waals surface area (Å²) < 4.78 is 0. The molecule has 1 amide bonds. The highest BCUT2D eigenvalue weighted by molar-refractivity contribution is 5.81. The van der Waals surface area contributed by atoms with Gasteiger partial charge in [-0.1, -0.05) is 18.2 Å². The van der Waals surface area contributed by atoms with Crippen molar-refractivity contribution < 1.29 is 14.7 Å². The quantitative estimate of drug-likeness (QED) is 0.872. The summed E-state index contributed by atoms with van der Waals surface area (Å²) in [5.74, 6) is -1.69. The zero-order valence-electron chi connectivity index (χ0n) is 10.5. The summed E-state index contributed by atoms with van der Waals surface area (Å²) in [6.45, 7) is 0. The lowest BCUT2D eigenvalue weighted by Gasteiger charge is -2.37. The zero-order chi connectivity index (χ0) is 14.0. The van der Waals surface area contributed by atoms with Crippen LogP contribution >= 0.6 is 0 Å². The highest BCUT2D eigenvalue weighted by Gasteiger charge is 2.39. The van der Waals surface area contributed by atoms with Crippen LogP contribution in [0.5, 0.6) is 0 Å². The third-order valence-electron chi connectivity index (χ3n) is 3.58. The first-order chi connectivity index (χ1) is 9.06. The number of carboxylic acid groups (broad SMARTS) is 1. The number of aliphatic carboxylic acids is 1. The fraction of sp³-hybridized carbons (Fsp3) is 0.357. The lowest BCUT2D eigenvalue weighted by molar-refractivity contribution is -0.150. The molecule has 1 aliphatic rings. The Morgan fingerprint density at radius 1 is 1.47 bits per heavy atom. The molecule has 5 nitrogen and oxygen atoms in total. The average Bonchev–Trinajstić information content (AvgIpc) is 2.41. The van der Waals surface area contributed by atoms with Gasteiger partial charge in [0.25, 0.3) is 0 Å². The van der Waals surface area contributed by atoms with Crippen LogP contribution in [0.25, 0.3) is 0 Å². The molecule has 1 aliphatic heterocycles. The van der Waals surface area contributed by atoms with Crippen LogP contribution in [0.2, 0.25) is 0 Å². The van der Waals surface area contributed by atoms with Gasteiger partial charge in [0, 0.05) is 13.5 Å². The molecular weight excluding hydrogens is 244 g/mol. The summed E-state index contributed by atoms with van der Waals surface area (Å²) in [6.07, 6.45) is 0.543. The minimum absolute atomic E-state index is 0.0877. The standard InChI is InChI=1S/C14H14N2O3/c1-16-12(17)7-6-11(14(18)19)13(16)10-5-3-2-4-9(10)8-15/h2-5,11,13H,6-7H2,1H3,(H,18,19). The van der Waals surface area contributed by atoms with E-state index in [2.05, 4.69) is 6.07 Å². The number of rotatable bonds is 2. The number of likely N-dealkylation sites (tertiary alicyclic amines) is 1. The van der Waals surface area contributed by atoms with E-state index in [-0.39, 0.29) is 12.3 Å². The summed E-state index contributed by atoms with van der Waals surface area (Å²) in [7, 11) is 1.59. The summed E-state index contributed by atoms with van der Waals surface area (Å²) >= 11 is 0. The number of amides is 1. The van der Waals surface area contributed by atoms with E-state index < -0.39 is 17.9 Å². The molecule has 19 heavy (non-hydrogen) atoms. The van der Waals surface area contributed by atoms with Gasteiger partial charge in [-0.15, -0.1) is 0 Å². The maximum atomic E-state index is 11.8. The lowest BCUT2D eigenvalue weighted by atomic mass is 9.83. The van der Waals surface area contributed by atoms with Gasteiger partial charge in [-0.3, -0.25) is 9.59 Å². The molecule has 0 saturated carbocycles. The second-order valence-electron chi connectivity index (χ2n) is 4.63. The van der Waals surface area contributed by atoms with E-state index in [0.717, 1.165) is 0 Å². The van der Waals surface area contributed by atoms with Gasteiger partial charge >= 0.3 is 5.97 Å². The fourth-order valence-electron chi connectivity index (χ4n) is 2.58. The number of carbonyl (C=O) groups is 2. The highest BCUT2D eigenvalue weighted by atomic mass is 16.4. The van der Waals surface area contributed by atoms with Crippen molar-refractivity contribution in [3.05, 3.63) is 35.4 Å².